The third kappa shape index (κ3) is 4.23. The zero-order valence-corrected chi connectivity index (χ0v) is 19.1. The molecule has 1 unspecified atom stereocenters. The van der Waals surface area contributed by atoms with Crippen LogP contribution < -0.4 is 15.0 Å². The number of piperazine rings is 1. The van der Waals surface area contributed by atoms with Crippen molar-refractivity contribution in [1.29, 1.82) is 0 Å². The number of imide groups is 1. The van der Waals surface area contributed by atoms with Crippen LogP contribution in [0.15, 0.2) is 36.4 Å². The van der Waals surface area contributed by atoms with Crippen molar-refractivity contribution in [2.45, 2.75) is 32.0 Å². The summed E-state index contributed by atoms with van der Waals surface area (Å²) in [4.78, 5) is 42.9. The van der Waals surface area contributed by atoms with Gasteiger partial charge in [0, 0.05) is 62.5 Å². The van der Waals surface area contributed by atoms with E-state index in [0.29, 0.717) is 24.3 Å². The highest BCUT2D eigenvalue weighted by atomic mass is 19.1. The summed E-state index contributed by atoms with van der Waals surface area (Å²) in [7, 11) is 1.65. The molecule has 3 heterocycles. The zero-order chi connectivity index (χ0) is 23.8. The quantitative estimate of drug-likeness (QED) is 0.678. The maximum atomic E-state index is 14.5. The number of hydrogen-bond acceptors (Lipinski definition) is 6. The smallest absolute Gasteiger partial charge is 0.255 e. The van der Waals surface area contributed by atoms with Crippen LogP contribution in [0.3, 0.4) is 0 Å². The summed E-state index contributed by atoms with van der Waals surface area (Å²) in [6, 6.07) is 10.0. The van der Waals surface area contributed by atoms with E-state index < -0.39 is 17.8 Å². The summed E-state index contributed by atoms with van der Waals surface area (Å²) in [5.74, 6) is -0.790. The third-order valence-corrected chi connectivity index (χ3v) is 6.88. The molecule has 2 aromatic rings. The minimum atomic E-state index is -0.713. The summed E-state index contributed by atoms with van der Waals surface area (Å²) in [6.07, 6.45) is 0.472. The average molecular weight is 467 g/mol. The number of nitrogens with one attached hydrogen (secondary N) is 1. The lowest BCUT2D eigenvalue weighted by Gasteiger charge is -2.37. The van der Waals surface area contributed by atoms with E-state index in [4.69, 9.17) is 4.74 Å². The summed E-state index contributed by atoms with van der Waals surface area (Å²) in [5, 5.41) is 2.31. The molecule has 9 heteroatoms. The number of rotatable bonds is 5. The Morgan fingerprint density at radius 3 is 2.47 bits per heavy atom. The first kappa shape index (κ1) is 22.3. The van der Waals surface area contributed by atoms with Gasteiger partial charge in [-0.05, 0) is 36.2 Å². The number of fused-ring (bicyclic) bond motifs is 1. The first-order valence-corrected chi connectivity index (χ1v) is 11.5. The molecular weight excluding hydrogens is 439 g/mol. The van der Waals surface area contributed by atoms with Crippen LogP contribution in [0.5, 0.6) is 5.75 Å². The van der Waals surface area contributed by atoms with Gasteiger partial charge >= 0.3 is 0 Å². The summed E-state index contributed by atoms with van der Waals surface area (Å²) < 4.78 is 19.7. The fraction of sp³-hybridized carbons (Fsp3) is 0.400. The number of carbonyl (C=O) groups is 3. The van der Waals surface area contributed by atoms with Crippen LogP contribution in [0, 0.1) is 5.82 Å². The highest BCUT2D eigenvalue weighted by Crippen LogP contribution is 2.35. The van der Waals surface area contributed by atoms with E-state index in [-0.39, 0.29) is 31.2 Å². The summed E-state index contributed by atoms with van der Waals surface area (Å²) in [5.41, 5.74) is 2.97. The molecule has 178 valence electrons. The molecule has 0 spiro atoms. The topological polar surface area (TPSA) is 82.2 Å². The molecule has 0 radical (unpaired) electrons. The highest BCUT2D eigenvalue weighted by Gasteiger charge is 2.41. The van der Waals surface area contributed by atoms with Crippen molar-refractivity contribution < 1.29 is 23.5 Å². The number of ether oxygens (including phenoxy) is 1. The van der Waals surface area contributed by atoms with Crippen molar-refractivity contribution in [3.63, 3.8) is 0 Å². The number of carbonyl (C=O) groups excluding carboxylic acids is 3. The third-order valence-electron chi connectivity index (χ3n) is 6.88. The summed E-state index contributed by atoms with van der Waals surface area (Å²) in [6.45, 7) is 4.09. The molecule has 1 N–H and O–H groups in total. The van der Waals surface area contributed by atoms with Crippen molar-refractivity contribution >= 4 is 23.4 Å². The van der Waals surface area contributed by atoms with Crippen LogP contribution in [0.4, 0.5) is 10.1 Å². The molecule has 8 nitrogen and oxygen atoms in total. The van der Waals surface area contributed by atoms with Crippen LogP contribution in [0.1, 0.15) is 34.3 Å². The van der Waals surface area contributed by atoms with Gasteiger partial charge in [0.25, 0.3) is 5.91 Å². The van der Waals surface area contributed by atoms with Crippen molar-refractivity contribution in [1.82, 2.24) is 15.1 Å². The molecular formula is C25H27FN4O4. The van der Waals surface area contributed by atoms with Gasteiger partial charge in [0.2, 0.25) is 11.8 Å². The van der Waals surface area contributed by atoms with Crippen molar-refractivity contribution in [2.75, 3.05) is 38.2 Å². The van der Waals surface area contributed by atoms with Gasteiger partial charge in [0.1, 0.15) is 17.6 Å². The zero-order valence-electron chi connectivity index (χ0n) is 19.1. The minimum Gasteiger partial charge on any atom is -0.497 e. The molecule has 0 aliphatic carbocycles. The van der Waals surface area contributed by atoms with Gasteiger partial charge in [0.15, 0.2) is 0 Å². The van der Waals surface area contributed by atoms with Gasteiger partial charge in [-0.3, -0.25) is 24.6 Å². The second-order valence-electron chi connectivity index (χ2n) is 8.96. The predicted molar refractivity (Wildman–Crippen MR) is 123 cm³/mol. The Balaban J connectivity index is 1.29. The Kier molecular flexibility index (Phi) is 5.95. The van der Waals surface area contributed by atoms with E-state index in [1.165, 1.54) is 22.6 Å². The Morgan fingerprint density at radius 2 is 1.79 bits per heavy atom. The predicted octanol–water partition coefficient (Wildman–Crippen LogP) is 1.92. The summed E-state index contributed by atoms with van der Waals surface area (Å²) >= 11 is 0. The Hall–Kier alpha value is -3.46. The van der Waals surface area contributed by atoms with Gasteiger partial charge in [-0.2, -0.15) is 0 Å². The molecule has 3 amide bonds. The molecule has 34 heavy (non-hydrogen) atoms. The van der Waals surface area contributed by atoms with E-state index in [9.17, 15) is 18.8 Å². The number of anilines is 1. The number of hydrogen-bond donors (Lipinski definition) is 1. The molecule has 0 bridgehead atoms. The lowest BCUT2D eigenvalue weighted by Crippen LogP contribution is -2.52. The average Bonchev–Trinajstić information content (AvgIpc) is 3.15. The van der Waals surface area contributed by atoms with E-state index in [0.717, 1.165) is 30.9 Å². The van der Waals surface area contributed by atoms with Crippen LogP contribution in [-0.4, -0.2) is 66.9 Å². The Bertz CT molecular complexity index is 1130. The SMILES string of the molecule is COc1ccc(CN2CCN(c3cc(F)cc4c3CN(C3CCC(=O)NC3=O)C4=O)CC2)cc1. The monoisotopic (exact) mass is 466 g/mol. The van der Waals surface area contributed by atoms with E-state index in [1.807, 2.05) is 12.1 Å². The molecule has 0 aromatic heterocycles. The van der Waals surface area contributed by atoms with Crippen LogP contribution in [0.25, 0.3) is 0 Å². The number of benzene rings is 2. The van der Waals surface area contributed by atoms with Crippen LogP contribution in [0.2, 0.25) is 0 Å². The van der Waals surface area contributed by atoms with Crippen molar-refractivity contribution in [3.8, 4) is 5.75 Å². The molecule has 0 saturated carbocycles. The first-order chi connectivity index (χ1) is 16.4. The second-order valence-corrected chi connectivity index (χ2v) is 8.96. The molecule has 2 fully saturated rings. The maximum Gasteiger partial charge on any atom is 0.255 e. The van der Waals surface area contributed by atoms with Gasteiger partial charge < -0.3 is 14.5 Å². The normalized spacial score (nSPS) is 21.0. The van der Waals surface area contributed by atoms with Crippen LogP contribution in [-0.2, 0) is 22.7 Å². The number of piperidine rings is 1. The molecule has 3 aliphatic heterocycles. The lowest BCUT2D eigenvalue weighted by atomic mass is 10.0. The standard InChI is InChI=1S/C25H27FN4O4/c1-34-18-4-2-16(3-5-18)14-28-8-10-29(11-9-28)22-13-17(26)12-19-20(22)15-30(25(19)33)21-6-7-23(31)27-24(21)32/h2-5,12-13,21H,6-11,14-15H2,1H3,(H,27,31,32). The van der Waals surface area contributed by atoms with Crippen LogP contribution >= 0.6 is 0 Å². The van der Waals surface area contributed by atoms with E-state index in [1.54, 1.807) is 7.11 Å². The van der Waals surface area contributed by atoms with Gasteiger partial charge in [0.05, 0.1) is 7.11 Å². The number of halogens is 1. The number of nitrogens with zero attached hydrogens (tertiary/aromatic N) is 3. The van der Waals surface area contributed by atoms with E-state index >= 15 is 0 Å². The van der Waals surface area contributed by atoms with Crippen molar-refractivity contribution in [2.24, 2.45) is 0 Å². The van der Waals surface area contributed by atoms with Crippen molar-refractivity contribution in [3.05, 3.63) is 58.9 Å². The second kappa shape index (κ2) is 9.06. The molecule has 2 aromatic carbocycles. The molecule has 5 rings (SSSR count). The molecule has 1 atom stereocenters. The molecule has 3 aliphatic rings. The first-order valence-electron chi connectivity index (χ1n) is 11.5. The Morgan fingerprint density at radius 1 is 1.06 bits per heavy atom. The van der Waals surface area contributed by atoms with Gasteiger partial charge in [-0.1, -0.05) is 12.1 Å². The fourth-order valence-corrected chi connectivity index (χ4v) is 5.03. The molecule has 2 saturated heterocycles. The fourth-order valence-electron chi connectivity index (χ4n) is 5.03. The Labute approximate surface area is 197 Å². The van der Waals surface area contributed by atoms with Gasteiger partial charge in [-0.25, -0.2) is 4.39 Å². The van der Waals surface area contributed by atoms with Gasteiger partial charge in [-0.15, -0.1) is 0 Å². The number of amides is 3. The number of methoxy groups -OCH3 is 1. The highest BCUT2D eigenvalue weighted by molar-refractivity contribution is 6.06. The largest absolute Gasteiger partial charge is 0.497 e. The lowest BCUT2D eigenvalue weighted by molar-refractivity contribution is -0.136. The maximum absolute atomic E-state index is 14.5. The van der Waals surface area contributed by atoms with E-state index in [2.05, 4.69) is 27.2 Å². The minimum absolute atomic E-state index is 0.188.